The number of hydrogen-bond donors (Lipinski definition) is 2. The number of aryl methyl sites for hydroxylation is 1. The van der Waals surface area contributed by atoms with E-state index in [-0.39, 0.29) is 17.2 Å². The van der Waals surface area contributed by atoms with Gasteiger partial charge in [-0.05, 0) is 93.1 Å². The first-order valence-electron chi connectivity index (χ1n) is 13.9. The van der Waals surface area contributed by atoms with Crippen LogP contribution in [0.3, 0.4) is 0 Å². The van der Waals surface area contributed by atoms with Crippen molar-refractivity contribution in [2.45, 2.75) is 20.8 Å². The first kappa shape index (κ1) is 31.3. The molecule has 0 aliphatic heterocycles. The molecule has 0 saturated heterocycles. The number of carbonyl (C=O) groups excluding carboxylic acids is 3. The molecule has 0 radical (unpaired) electrons. The van der Waals surface area contributed by atoms with Gasteiger partial charge in [-0.15, -0.1) is 0 Å². The molecular weight excluding hydrogens is 562 g/mol. The molecule has 10 nitrogen and oxygen atoms in total. The molecule has 0 aromatic heterocycles. The van der Waals surface area contributed by atoms with Crippen LogP contribution in [0.5, 0.6) is 23.0 Å². The highest BCUT2D eigenvalue weighted by Gasteiger charge is 2.14. The summed E-state index contributed by atoms with van der Waals surface area (Å²) in [5.74, 6) is 0.247. The number of hydrazone groups is 1. The topological polar surface area (TPSA) is 125 Å². The minimum Gasteiger partial charge on any atom is -0.493 e. The molecule has 0 aliphatic rings. The summed E-state index contributed by atoms with van der Waals surface area (Å²) in [4.78, 5) is 38.2. The second-order valence-corrected chi connectivity index (χ2v) is 9.43. The van der Waals surface area contributed by atoms with E-state index in [9.17, 15) is 14.4 Å². The van der Waals surface area contributed by atoms with Gasteiger partial charge >= 0.3 is 5.97 Å². The third kappa shape index (κ3) is 8.22. The van der Waals surface area contributed by atoms with Crippen LogP contribution in [-0.2, 0) is 0 Å². The van der Waals surface area contributed by atoms with Gasteiger partial charge in [0.2, 0.25) is 0 Å². The standard InChI is InChI=1S/C34H33N3O7/c1-5-42-28-17-15-26(20-31(28)43-6-2)32(38)36-27-9-7-8-25(19-27)33(39)37-35-21-23-12-16-29(30(18-23)41-4)44-34(40)24-13-10-22(3)11-14-24/h7-21H,5-6H2,1-4H3,(H,36,38)(H,37,39). The SMILES string of the molecule is CCOc1ccc(C(=O)Nc2cccc(C(=O)NN=Cc3ccc(OC(=O)c4ccc(C)cc4)c(OC)c3)c2)cc1OCC. The highest BCUT2D eigenvalue weighted by molar-refractivity contribution is 6.05. The molecule has 10 heteroatoms. The van der Waals surface area contributed by atoms with Crippen molar-refractivity contribution >= 4 is 29.7 Å². The Morgan fingerprint density at radius 1 is 0.727 bits per heavy atom. The van der Waals surface area contributed by atoms with Gasteiger partial charge in [0.05, 0.1) is 32.1 Å². The molecule has 0 saturated carbocycles. The highest BCUT2D eigenvalue weighted by Crippen LogP contribution is 2.30. The van der Waals surface area contributed by atoms with Crippen molar-refractivity contribution in [1.82, 2.24) is 5.43 Å². The van der Waals surface area contributed by atoms with E-state index in [1.807, 2.05) is 32.9 Å². The number of esters is 1. The van der Waals surface area contributed by atoms with E-state index in [0.29, 0.717) is 52.8 Å². The smallest absolute Gasteiger partial charge is 0.343 e. The van der Waals surface area contributed by atoms with Gasteiger partial charge in [-0.1, -0.05) is 23.8 Å². The predicted molar refractivity (Wildman–Crippen MR) is 167 cm³/mol. The van der Waals surface area contributed by atoms with Gasteiger partial charge in [0.15, 0.2) is 23.0 Å². The lowest BCUT2D eigenvalue weighted by molar-refractivity contribution is 0.0729. The number of amides is 2. The Morgan fingerprint density at radius 2 is 1.41 bits per heavy atom. The molecule has 0 aliphatic carbocycles. The lowest BCUT2D eigenvalue weighted by atomic mass is 10.1. The average Bonchev–Trinajstić information content (AvgIpc) is 3.03. The first-order chi connectivity index (χ1) is 21.3. The molecule has 4 rings (SSSR count). The van der Waals surface area contributed by atoms with Crippen molar-refractivity contribution in [3.05, 3.63) is 113 Å². The Hall–Kier alpha value is -5.64. The molecule has 0 unspecified atom stereocenters. The van der Waals surface area contributed by atoms with Gasteiger partial charge in [0, 0.05) is 16.8 Å². The van der Waals surface area contributed by atoms with Crippen molar-refractivity contribution in [1.29, 1.82) is 0 Å². The summed E-state index contributed by atoms with van der Waals surface area (Å²) >= 11 is 0. The Kier molecular flexibility index (Phi) is 10.7. The van der Waals surface area contributed by atoms with Crippen molar-refractivity contribution < 1.29 is 33.3 Å². The molecule has 0 heterocycles. The van der Waals surface area contributed by atoms with E-state index in [2.05, 4.69) is 15.8 Å². The van der Waals surface area contributed by atoms with E-state index < -0.39 is 11.9 Å². The van der Waals surface area contributed by atoms with Crippen LogP contribution in [0.1, 0.15) is 56.0 Å². The molecule has 4 aromatic carbocycles. The minimum atomic E-state index is -0.509. The number of nitrogens with one attached hydrogen (secondary N) is 2. The fraction of sp³-hybridized carbons (Fsp3) is 0.176. The lowest BCUT2D eigenvalue weighted by Crippen LogP contribution is -2.18. The van der Waals surface area contributed by atoms with E-state index in [4.69, 9.17) is 18.9 Å². The van der Waals surface area contributed by atoms with Gasteiger partial charge in [-0.3, -0.25) is 9.59 Å². The number of methoxy groups -OCH3 is 1. The van der Waals surface area contributed by atoms with Gasteiger partial charge in [0.1, 0.15) is 0 Å². The van der Waals surface area contributed by atoms with E-state index in [1.54, 1.807) is 72.8 Å². The second kappa shape index (κ2) is 15.0. The van der Waals surface area contributed by atoms with Crippen LogP contribution in [0.15, 0.2) is 90.0 Å². The zero-order valence-electron chi connectivity index (χ0n) is 24.9. The lowest BCUT2D eigenvalue weighted by Gasteiger charge is -2.12. The largest absolute Gasteiger partial charge is 0.493 e. The minimum absolute atomic E-state index is 0.248. The van der Waals surface area contributed by atoms with Crippen molar-refractivity contribution in [3.63, 3.8) is 0 Å². The zero-order chi connectivity index (χ0) is 31.5. The average molecular weight is 596 g/mol. The predicted octanol–water partition coefficient (Wildman–Crippen LogP) is 6.04. The molecule has 0 fully saturated rings. The maximum atomic E-state index is 12.9. The van der Waals surface area contributed by atoms with Gasteiger partial charge in [-0.25, -0.2) is 10.2 Å². The summed E-state index contributed by atoms with van der Waals surface area (Å²) in [5, 5.41) is 6.82. The zero-order valence-corrected chi connectivity index (χ0v) is 24.9. The van der Waals surface area contributed by atoms with E-state index in [1.165, 1.54) is 13.3 Å². The summed E-state index contributed by atoms with van der Waals surface area (Å²) in [5.41, 5.74) is 5.62. The van der Waals surface area contributed by atoms with Gasteiger partial charge in [-0.2, -0.15) is 5.10 Å². The maximum absolute atomic E-state index is 12.9. The van der Waals surface area contributed by atoms with Gasteiger partial charge in [0.25, 0.3) is 11.8 Å². The van der Waals surface area contributed by atoms with Crippen LogP contribution >= 0.6 is 0 Å². The Bertz CT molecular complexity index is 1670. The third-order valence-corrected chi connectivity index (χ3v) is 6.25. The van der Waals surface area contributed by atoms with Crippen LogP contribution in [0.2, 0.25) is 0 Å². The number of carbonyl (C=O) groups is 3. The van der Waals surface area contributed by atoms with Crippen LogP contribution in [0, 0.1) is 6.92 Å². The maximum Gasteiger partial charge on any atom is 0.343 e. The molecule has 226 valence electrons. The third-order valence-electron chi connectivity index (χ3n) is 6.25. The summed E-state index contributed by atoms with van der Waals surface area (Å²) in [6.45, 7) is 6.54. The molecule has 0 atom stereocenters. The molecular formula is C34H33N3O7. The summed E-state index contributed by atoms with van der Waals surface area (Å²) in [6, 6.07) is 23.3. The van der Waals surface area contributed by atoms with E-state index >= 15 is 0 Å². The van der Waals surface area contributed by atoms with Crippen molar-refractivity contribution in [2.75, 3.05) is 25.6 Å². The van der Waals surface area contributed by atoms with Crippen LogP contribution in [-0.4, -0.2) is 44.3 Å². The monoisotopic (exact) mass is 595 g/mol. The van der Waals surface area contributed by atoms with Crippen molar-refractivity contribution in [3.8, 4) is 23.0 Å². The quantitative estimate of drug-likeness (QED) is 0.0886. The fourth-order valence-electron chi connectivity index (χ4n) is 4.06. The molecule has 44 heavy (non-hydrogen) atoms. The number of hydrogen-bond acceptors (Lipinski definition) is 8. The summed E-state index contributed by atoms with van der Waals surface area (Å²) in [6.07, 6.45) is 1.43. The molecule has 0 bridgehead atoms. The molecule has 0 spiro atoms. The number of rotatable bonds is 12. The van der Waals surface area contributed by atoms with E-state index in [0.717, 1.165) is 5.56 Å². The van der Waals surface area contributed by atoms with Crippen LogP contribution < -0.4 is 29.7 Å². The fourth-order valence-corrected chi connectivity index (χ4v) is 4.06. The van der Waals surface area contributed by atoms with Gasteiger partial charge < -0.3 is 24.3 Å². The number of ether oxygens (including phenoxy) is 4. The normalized spacial score (nSPS) is 10.6. The summed E-state index contributed by atoms with van der Waals surface area (Å²) < 4.78 is 22.0. The number of anilines is 1. The van der Waals surface area contributed by atoms with Crippen LogP contribution in [0.4, 0.5) is 5.69 Å². The van der Waals surface area contributed by atoms with Crippen LogP contribution in [0.25, 0.3) is 0 Å². The number of benzene rings is 4. The Morgan fingerprint density at radius 3 is 2.14 bits per heavy atom. The first-order valence-corrected chi connectivity index (χ1v) is 13.9. The molecule has 4 aromatic rings. The second-order valence-electron chi connectivity index (χ2n) is 9.43. The van der Waals surface area contributed by atoms with Crippen molar-refractivity contribution in [2.24, 2.45) is 5.10 Å². The summed E-state index contributed by atoms with van der Waals surface area (Å²) in [7, 11) is 1.46. The molecule has 2 amide bonds. The Labute approximate surface area is 255 Å². The Balaban J connectivity index is 1.38. The highest BCUT2D eigenvalue weighted by atomic mass is 16.6. The molecule has 2 N–H and O–H groups in total. The number of nitrogens with zero attached hydrogens (tertiary/aromatic N) is 1.